The highest BCUT2D eigenvalue weighted by molar-refractivity contribution is 6.01. The molecule has 0 aliphatic carbocycles. The standard InChI is InChI=1S/C15H9N3O3/c16-14-12-13(17-11-6-5-8(19)7-18(11)14)9-3-1-2-4-10(9)21-15(12)20/h1-7,16,19H. The van der Waals surface area contributed by atoms with Crippen LogP contribution in [0.15, 0.2) is 51.8 Å². The van der Waals surface area contributed by atoms with Gasteiger partial charge in [0.05, 0.1) is 11.7 Å². The molecule has 6 nitrogen and oxygen atoms in total. The van der Waals surface area contributed by atoms with Gasteiger partial charge >= 0.3 is 5.63 Å². The Bertz CT molecular complexity index is 1140. The van der Waals surface area contributed by atoms with Crippen molar-refractivity contribution in [2.24, 2.45) is 0 Å². The fourth-order valence-electron chi connectivity index (χ4n) is 2.45. The SMILES string of the molecule is N=c1c2c(=O)oc3ccccc3c2nc2ccc(O)cn12. The maximum absolute atomic E-state index is 12.1. The molecule has 2 N–H and O–H groups in total. The number of pyridine rings is 1. The summed E-state index contributed by atoms with van der Waals surface area (Å²) in [6.45, 7) is 0. The molecule has 3 aromatic heterocycles. The third-order valence-corrected chi connectivity index (χ3v) is 3.40. The molecule has 3 heterocycles. The lowest BCUT2D eigenvalue weighted by molar-refractivity contribution is 0.471. The summed E-state index contributed by atoms with van der Waals surface area (Å²) >= 11 is 0. The maximum atomic E-state index is 12.1. The molecule has 6 heteroatoms. The summed E-state index contributed by atoms with van der Waals surface area (Å²) in [7, 11) is 0. The topological polar surface area (TPSA) is 91.6 Å². The highest BCUT2D eigenvalue weighted by atomic mass is 16.4. The van der Waals surface area contributed by atoms with Crippen molar-refractivity contribution in [2.75, 3.05) is 0 Å². The number of aromatic hydroxyl groups is 1. The van der Waals surface area contributed by atoms with E-state index < -0.39 is 5.63 Å². The van der Waals surface area contributed by atoms with Crippen LogP contribution in [0.3, 0.4) is 0 Å². The van der Waals surface area contributed by atoms with Crippen molar-refractivity contribution in [1.82, 2.24) is 9.38 Å². The first kappa shape index (κ1) is 11.7. The Morgan fingerprint density at radius 1 is 1.19 bits per heavy atom. The number of hydrogen-bond acceptors (Lipinski definition) is 5. The second-order valence-electron chi connectivity index (χ2n) is 4.69. The summed E-state index contributed by atoms with van der Waals surface area (Å²) in [4.78, 5) is 16.6. The Labute approximate surface area is 117 Å². The Morgan fingerprint density at radius 3 is 2.86 bits per heavy atom. The molecular weight excluding hydrogens is 270 g/mol. The predicted molar refractivity (Wildman–Crippen MR) is 76.3 cm³/mol. The van der Waals surface area contributed by atoms with Crippen LogP contribution in [0, 0.1) is 5.41 Å². The normalized spacial score (nSPS) is 11.4. The summed E-state index contributed by atoms with van der Waals surface area (Å²) in [5.74, 6) is -0.00710. The minimum atomic E-state index is -0.612. The van der Waals surface area contributed by atoms with Gasteiger partial charge in [-0.3, -0.25) is 9.81 Å². The zero-order valence-electron chi connectivity index (χ0n) is 10.7. The maximum Gasteiger partial charge on any atom is 0.349 e. The van der Waals surface area contributed by atoms with Crippen LogP contribution >= 0.6 is 0 Å². The minimum Gasteiger partial charge on any atom is -0.506 e. The molecule has 102 valence electrons. The van der Waals surface area contributed by atoms with Crippen molar-refractivity contribution >= 4 is 27.5 Å². The number of fused-ring (bicyclic) bond motifs is 4. The van der Waals surface area contributed by atoms with Crippen molar-refractivity contribution in [1.29, 1.82) is 5.41 Å². The molecule has 0 amide bonds. The van der Waals surface area contributed by atoms with Gasteiger partial charge in [-0.25, -0.2) is 9.78 Å². The van der Waals surface area contributed by atoms with Crippen molar-refractivity contribution in [3.8, 4) is 5.75 Å². The molecule has 0 bridgehead atoms. The van der Waals surface area contributed by atoms with Crippen molar-refractivity contribution in [3.63, 3.8) is 0 Å². The quantitative estimate of drug-likeness (QED) is 0.291. The van der Waals surface area contributed by atoms with Crippen molar-refractivity contribution in [3.05, 3.63) is 58.5 Å². The van der Waals surface area contributed by atoms with Crippen LogP contribution in [0.1, 0.15) is 0 Å². The molecular formula is C15H9N3O3. The molecule has 0 radical (unpaired) electrons. The van der Waals surface area contributed by atoms with E-state index in [1.165, 1.54) is 16.7 Å². The van der Waals surface area contributed by atoms with Crippen LogP contribution in [-0.2, 0) is 0 Å². The number of rotatable bonds is 0. The predicted octanol–water partition coefficient (Wildman–Crippen LogP) is 1.78. The smallest absolute Gasteiger partial charge is 0.349 e. The molecule has 4 rings (SSSR count). The van der Waals surface area contributed by atoms with Gasteiger partial charge in [0.25, 0.3) is 0 Å². The minimum absolute atomic E-state index is 0.00710. The molecule has 21 heavy (non-hydrogen) atoms. The van der Waals surface area contributed by atoms with Gasteiger partial charge in [0.2, 0.25) is 0 Å². The zero-order valence-corrected chi connectivity index (χ0v) is 10.7. The van der Waals surface area contributed by atoms with Gasteiger partial charge < -0.3 is 9.52 Å². The summed E-state index contributed by atoms with van der Waals surface area (Å²) in [5, 5.41) is 18.5. The number of hydrogen-bond donors (Lipinski definition) is 2. The molecule has 0 spiro atoms. The lowest BCUT2D eigenvalue weighted by atomic mass is 10.2. The number of para-hydroxylation sites is 1. The molecule has 0 aliphatic heterocycles. The third-order valence-electron chi connectivity index (χ3n) is 3.40. The Balaban J connectivity index is 2.39. The Kier molecular flexibility index (Phi) is 2.18. The highest BCUT2D eigenvalue weighted by Crippen LogP contribution is 2.20. The van der Waals surface area contributed by atoms with E-state index in [2.05, 4.69) is 4.98 Å². The number of nitrogens with one attached hydrogen (secondary N) is 1. The molecule has 0 saturated heterocycles. The molecule has 0 atom stereocenters. The van der Waals surface area contributed by atoms with E-state index in [1.54, 1.807) is 24.3 Å². The Hall–Kier alpha value is -3.15. The summed E-state index contributed by atoms with van der Waals surface area (Å²) in [6.07, 6.45) is 1.35. The largest absolute Gasteiger partial charge is 0.506 e. The van der Waals surface area contributed by atoms with E-state index in [4.69, 9.17) is 9.83 Å². The molecule has 4 aromatic rings. The van der Waals surface area contributed by atoms with E-state index in [1.807, 2.05) is 6.07 Å². The van der Waals surface area contributed by atoms with Gasteiger partial charge in [-0.05, 0) is 24.3 Å². The van der Waals surface area contributed by atoms with E-state index in [9.17, 15) is 9.90 Å². The fourth-order valence-corrected chi connectivity index (χ4v) is 2.45. The molecule has 0 fully saturated rings. The van der Waals surface area contributed by atoms with Crippen LogP contribution in [-0.4, -0.2) is 14.5 Å². The lowest BCUT2D eigenvalue weighted by Gasteiger charge is -2.06. The third kappa shape index (κ3) is 1.56. The first-order valence-corrected chi connectivity index (χ1v) is 6.27. The fraction of sp³-hybridized carbons (Fsp3) is 0. The molecule has 0 unspecified atom stereocenters. The lowest BCUT2D eigenvalue weighted by Crippen LogP contribution is -2.21. The van der Waals surface area contributed by atoms with Crippen molar-refractivity contribution in [2.45, 2.75) is 0 Å². The van der Waals surface area contributed by atoms with Crippen LogP contribution in [0.4, 0.5) is 0 Å². The van der Waals surface area contributed by atoms with Crippen LogP contribution < -0.4 is 11.1 Å². The summed E-state index contributed by atoms with van der Waals surface area (Å²) in [6, 6.07) is 10.2. The van der Waals surface area contributed by atoms with Gasteiger partial charge in [-0.2, -0.15) is 0 Å². The van der Waals surface area contributed by atoms with Crippen LogP contribution in [0.2, 0.25) is 0 Å². The van der Waals surface area contributed by atoms with E-state index >= 15 is 0 Å². The van der Waals surface area contributed by atoms with Gasteiger partial charge in [-0.15, -0.1) is 0 Å². The highest BCUT2D eigenvalue weighted by Gasteiger charge is 2.12. The summed E-state index contributed by atoms with van der Waals surface area (Å²) < 4.78 is 6.59. The van der Waals surface area contributed by atoms with Crippen molar-refractivity contribution < 1.29 is 9.52 Å². The van der Waals surface area contributed by atoms with E-state index in [-0.39, 0.29) is 16.6 Å². The number of benzene rings is 1. The Morgan fingerprint density at radius 2 is 2.00 bits per heavy atom. The number of nitrogens with zero attached hydrogens (tertiary/aromatic N) is 2. The second kappa shape index (κ2) is 3.92. The monoisotopic (exact) mass is 279 g/mol. The average molecular weight is 279 g/mol. The first-order valence-electron chi connectivity index (χ1n) is 6.27. The van der Waals surface area contributed by atoms with Gasteiger partial charge in [-0.1, -0.05) is 12.1 Å². The summed E-state index contributed by atoms with van der Waals surface area (Å²) in [5.41, 5.74) is 0.660. The van der Waals surface area contributed by atoms with Gasteiger partial charge in [0, 0.05) is 5.39 Å². The average Bonchev–Trinajstić information content (AvgIpc) is 2.48. The van der Waals surface area contributed by atoms with Crippen LogP contribution in [0.5, 0.6) is 5.75 Å². The molecule has 0 aliphatic rings. The van der Waals surface area contributed by atoms with E-state index in [0.29, 0.717) is 22.1 Å². The van der Waals surface area contributed by atoms with Gasteiger partial charge in [0.1, 0.15) is 27.9 Å². The van der Waals surface area contributed by atoms with Crippen LogP contribution in [0.25, 0.3) is 27.5 Å². The molecule has 0 saturated carbocycles. The van der Waals surface area contributed by atoms with Gasteiger partial charge in [0.15, 0.2) is 0 Å². The number of aromatic nitrogens is 2. The first-order chi connectivity index (χ1) is 10.1. The molecule has 1 aromatic carbocycles. The zero-order chi connectivity index (χ0) is 14.6. The second-order valence-corrected chi connectivity index (χ2v) is 4.69. The van der Waals surface area contributed by atoms with E-state index in [0.717, 1.165) is 0 Å².